The summed E-state index contributed by atoms with van der Waals surface area (Å²) < 4.78 is 11.1. The number of ether oxygens (including phenoxy) is 1. The van der Waals surface area contributed by atoms with Gasteiger partial charge in [0, 0.05) is 25.0 Å². The lowest BCUT2D eigenvalue weighted by molar-refractivity contribution is 0.0717. The van der Waals surface area contributed by atoms with Crippen molar-refractivity contribution in [2.75, 3.05) is 13.7 Å². The zero-order chi connectivity index (χ0) is 16.4. The predicted molar refractivity (Wildman–Crippen MR) is 88.3 cm³/mol. The van der Waals surface area contributed by atoms with Crippen LogP contribution in [0.1, 0.15) is 23.9 Å². The fraction of sp³-hybridized carbons (Fsp3) is 0.278. The molecule has 0 amide bonds. The second-order valence-electron chi connectivity index (χ2n) is 5.79. The summed E-state index contributed by atoms with van der Waals surface area (Å²) in [5.41, 5.74) is 2.09. The van der Waals surface area contributed by atoms with Gasteiger partial charge in [0.25, 0.3) is 0 Å². The Balaban J connectivity index is 1.47. The van der Waals surface area contributed by atoms with Gasteiger partial charge >= 0.3 is 0 Å². The molecule has 1 aliphatic heterocycles. The van der Waals surface area contributed by atoms with Crippen LogP contribution in [0.25, 0.3) is 11.5 Å². The molecule has 6 nitrogen and oxygen atoms in total. The van der Waals surface area contributed by atoms with E-state index in [1.807, 2.05) is 24.3 Å². The molecule has 1 saturated heterocycles. The van der Waals surface area contributed by atoms with Crippen molar-refractivity contribution >= 4 is 0 Å². The summed E-state index contributed by atoms with van der Waals surface area (Å²) in [5.74, 6) is 2.02. The van der Waals surface area contributed by atoms with Crippen LogP contribution in [0.3, 0.4) is 0 Å². The topological polar surface area (TPSA) is 64.3 Å². The molecule has 0 radical (unpaired) electrons. The number of methoxy groups -OCH3 is 1. The van der Waals surface area contributed by atoms with Gasteiger partial charge in [0.2, 0.25) is 11.8 Å². The number of aromatic nitrogens is 3. The standard InChI is InChI=1S/C18H18N4O2/c1-23-15-6-2-4-13(10-15)16-7-9-22(16)12-17-20-21-18(24-17)14-5-3-8-19-11-14/h2-6,8,10-11,16H,7,9,12H2,1H3/t16-/m0/s1. The normalized spacial score (nSPS) is 17.5. The minimum absolute atomic E-state index is 0.369. The van der Waals surface area contributed by atoms with Crippen LogP contribution in [0.2, 0.25) is 0 Å². The lowest BCUT2D eigenvalue weighted by Crippen LogP contribution is -2.40. The van der Waals surface area contributed by atoms with E-state index in [9.17, 15) is 0 Å². The fourth-order valence-electron chi connectivity index (χ4n) is 2.95. The van der Waals surface area contributed by atoms with Crippen molar-refractivity contribution in [3.8, 4) is 17.2 Å². The molecule has 1 fully saturated rings. The van der Waals surface area contributed by atoms with E-state index in [1.54, 1.807) is 19.5 Å². The highest BCUT2D eigenvalue weighted by atomic mass is 16.5. The molecule has 24 heavy (non-hydrogen) atoms. The molecule has 1 atom stereocenters. The second kappa shape index (κ2) is 6.41. The Kier molecular flexibility index (Phi) is 3.96. The van der Waals surface area contributed by atoms with Gasteiger partial charge in [-0.3, -0.25) is 9.88 Å². The molecule has 6 heteroatoms. The monoisotopic (exact) mass is 322 g/mol. The van der Waals surface area contributed by atoms with E-state index in [0.717, 1.165) is 24.3 Å². The highest BCUT2D eigenvalue weighted by Crippen LogP contribution is 2.35. The van der Waals surface area contributed by atoms with Gasteiger partial charge in [-0.25, -0.2) is 0 Å². The number of pyridine rings is 1. The average Bonchev–Trinajstić information content (AvgIpc) is 3.08. The van der Waals surface area contributed by atoms with Crippen molar-refractivity contribution in [1.29, 1.82) is 0 Å². The molecule has 122 valence electrons. The summed E-state index contributed by atoms with van der Waals surface area (Å²) >= 11 is 0. The van der Waals surface area contributed by atoms with Crippen molar-refractivity contribution < 1.29 is 9.15 Å². The second-order valence-corrected chi connectivity index (χ2v) is 5.79. The number of hydrogen-bond acceptors (Lipinski definition) is 6. The van der Waals surface area contributed by atoms with Crippen LogP contribution in [-0.4, -0.2) is 33.7 Å². The fourth-order valence-corrected chi connectivity index (χ4v) is 2.95. The van der Waals surface area contributed by atoms with Crippen molar-refractivity contribution in [3.63, 3.8) is 0 Å². The molecule has 0 unspecified atom stereocenters. The number of hydrogen-bond donors (Lipinski definition) is 0. The zero-order valence-electron chi connectivity index (χ0n) is 13.4. The molecule has 3 heterocycles. The van der Waals surface area contributed by atoms with Crippen LogP contribution < -0.4 is 4.74 Å². The van der Waals surface area contributed by atoms with Gasteiger partial charge in [-0.15, -0.1) is 10.2 Å². The molecule has 2 aromatic heterocycles. The third-order valence-corrected chi connectivity index (χ3v) is 4.32. The molecule has 0 saturated carbocycles. The van der Waals surface area contributed by atoms with Crippen LogP contribution in [0.15, 0.2) is 53.2 Å². The highest BCUT2D eigenvalue weighted by Gasteiger charge is 2.30. The third-order valence-electron chi connectivity index (χ3n) is 4.32. The Morgan fingerprint density at radius 2 is 2.21 bits per heavy atom. The summed E-state index contributed by atoms with van der Waals surface area (Å²) in [4.78, 5) is 6.41. The maximum absolute atomic E-state index is 5.78. The van der Waals surface area contributed by atoms with E-state index in [0.29, 0.717) is 24.4 Å². The quantitative estimate of drug-likeness (QED) is 0.719. The highest BCUT2D eigenvalue weighted by molar-refractivity contribution is 5.49. The van der Waals surface area contributed by atoms with Crippen LogP contribution in [0, 0.1) is 0 Å². The largest absolute Gasteiger partial charge is 0.497 e. The first-order valence-corrected chi connectivity index (χ1v) is 7.94. The summed E-state index contributed by atoms with van der Waals surface area (Å²) in [6, 6.07) is 12.3. The number of benzene rings is 1. The molecular weight excluding hydrogens is 304 g/mol. The molecule has 4 rings (SSSR count). The maximum Gasteiger partial charge on any atom is 0.249 e. The summed E-state index contributed by atoms with van der Waals surface area (Å²) in [7, 11) is 1.69. The lowest BCUT2D eigenvalue weighted by Gasteiger charge is -2.40. The van der Waals surface area contributed by atoms with E-state index in [2.05, 4.69) is 32.2 Å². The molecular formula is C18H18N4O2. The van der Waals surface area contributed by atoms with Gasteiger partial charge in [-0.1, -0.05) is 12.1 Å². The van der Waals surface area contributed by atoms with E-state index >= 15 is 0 Å². The molecule has 0 N–H and O–H groups in total. The first-order chi connectivity index (χ1) is 11.8. The van der Waals surface area contributed by atoms with Gasteiger partial charge in [0.05, 0.1) is 19.2 Å². The van der Waals surface area contributed by atoms with E-state index in [-0.39, 0.29) is 0 Å². The third kappa shape index (κ3) is 2.88. The SMILES string of the molecule is COc1cccc([C@@H]2CCN2Cc2nnc(-c3cccnc3)o2)c1. The lowest BCUT2D eigenvalue weighted by atomic mass is 9.94. The Labute approximate surface area is 140 Å². The molecule has 1 aromatic carbocycles. The minimum atomic E-state index is 0.369. The van der Waals surface area contributed by atoms with Crippen molar-refractivity contribution in [2.45, 2.75) is 19.0 Å². The van der Waals surface area contributed by atoms with E-state index < -0.39 is 0 Å². The van der Waals surface area contributed by atoms with E-state index in [1.165, 1.54) is 5.56 Å². The molecule has 0 aliphatic carbocycles. The minimum Gasteiger partial charge on any atom is -0.497 e. The van der Waals surface area contributed by atoms with Crippen LogP contribution >= 0.6 is 0 Å². The van der Waals surface area contributed by atoms with E-state index in [4.69, 9.17) is 9.15 Å². The number of rotatable bonds is 5. The van der Waals surface area contributed by atoms with Crippen LogP contribution in [-0.2, 0) is 6.54 Å². The first kappa shape index (κ1) is 14.8. The predicted octanol–water partition coefficient (Wildman–Crippen LogP) is 3.09. The Bertz CT molecular complexity index is 819. The molecule has 0 spiro atoms. The summed E-state index contributed by atoms with van der Waals surface area (Å²) in [5, 5.41) is 8.29. The average molecular weight is 322 g/mol. The van der Waals surface area contributed by atoms with Crippen molar-refractivity contribution in [2.24, 2.45) is 0 Å². The summed E-state index contributed by atoms with van der Waals surface area (Å²) in [6.07, 6.45) is 4.57. The van der Waals surface area contributed by atoms with Crippen molar-refractivity contribution in [3.05, 3.63) is 60.2 Å². The molecule has 0 bridgehead atoms. The van der Waals surface area contributed by atoms with Crippen molar-refractivity contribution in [1.82, 2.24) is 20.1 Å². The van der Waals surface area contributed by atoms with Crippen LogP contribution in [0.5, 0.6) is 5.75 Å². The Morgan fingerprint density at radius 3 is 2.96 bits per heavy atom. The van der Waals surface area contributed by atoms with Gasteiger partial charge < -0.3 is 9.15 Å². The Hall–Kier alpha value is -2.73. The first-order valence-electron chi connectivity index (χ1n) is 7.94. The van der Waals surface area contributed by atoms with Gasteiger partial charge in [-0.2, -0.15) is 0 Å². The smallest absolute Gasteiger partial charge is 0.249 e. The Morgan fingerprint density at radius 1 is 1.25 bits per heavy atom. The van der Waals surface area contributed by atoms with Gasteiger partial charge in [0.15, 0.2) is 0 Å². The zero-order valence-corrected chi connectivity index (χ0v) is 13.4. The maximum atomic E-state index is 5.78. The number of nitrogens with zero attached hydrogens (tertiary/aromatic N) is 4. The van der Waals surface area contributed by atoms with Crippen LogP contribution in [0.4, 0.5) is 0 Å². The number of likely N-dealkylation sites (tertiary alicyclic amines) is 1. The van der Waals surface area contributed by atoms with Gasteiger partial charge in [0.1, 0.15) is 5.75 Å². The van der Waals surface area contributed by atoms with Gasteiger partial charge in [-0.05, 0) is 36.2 Å². The molecule has 3 aromatic rings. The molecule has 1 aliphatic rings. The summed E-state index contributed by atoms with van der Waals surface area (Å²) in [6.45, 7) is 1.67.